The summed E-state index contributed by atoms with van der Waals surface area (Å²) in [5.41, 5.74) is 0.975. The van der Waals surface area contributed by atoms with Crippen molar-refractivity contribution in [3.8, 4) is 5.75 Å². The Morgan fingerprint density at radius 1 is 1.50 bits per heavy atom. The molecule has 2 N–H and O–H groups in total. The van der Waals surface area contributed by atoms with E-state index in [9.17, 15) is 14.7 Å². The lowest BCUT2D eigenvalue weighted by molar-refractivity contribution is -0.140. The number of esters is 1. The second-order valence-corrected chi connectivity index (χ2v) is 4.23. The van der Waals surface area contributed by atoms with Gasteiger partial charge < -0.3 is 15.2 Å². The third-order valence-electron chi connectivity index (χ3n) is 2.37. The summed E-state index contributed by atoms with van der Waals surface area (Å²) in [6.45, 7) is 1.69. The summed E-state index contributed by atoms with van der Waals surface area (Å²) in [6, 6.07) is 4.56. The van der Waals surface area contributed by atoms with Gasteiger partial charge >= 0.3 is 5.97 Å². The van der Waals surface area contributed by atoms with Gasteiger partial charge in [-0.2, -0.15) is 0 Å². The third-order valence-corrected chi connectivity index (χ3v) is 2.70. The minimum absolute atomic E-state index is 0.0399. The molecule has 0 aromatic heterocycles. The molecule has 0 spiro atoms. The molecule has 1 amide bonds. The minimum atomic E-state index is -0.932. The fourth-order valence-corrected chi connectivity index (χ4v) is 1.41. The molecule has 1 unspecified atom stereocenters. The van der Waals surface area contributed by atoms with E-state index in [4.69, 9.17) is 11.6 Å². The van der Waals surface area contributed by atoms with E-state index in [2.05, 4.69) is 10.1 Å². The van der Waals surface area contributed by atoms with Gasteiger partial charge in [-0.15, -0.1) is 11.6 Å². The number of carbonyl (C=O) groups is 2. The molecule has 0 aliphatic rings. The van der Waals surface area contributed by atoms with Gasteiger partial charge in [-0.05, 0) is 24.6 Å². The quantitative estimate of drug-likeness (QED) is 0.638. The Balaban J connectivity index is 2.60. The van der Waals surface area contributed by atoms with Crippen molar-refractivity contribution in [2.45, 2.75) is 12.3 Å². The van der Waals surface area contributed by atoms with Crippen LogP contribution in [0.15, 0.2) is 18.2 Å². The zero-order chi connectivity index (χ0) is 13.7. The highest BCUT2D eigenvalue weighted by Crippen LogP contribution is 2.17. The standard InChI is InChI=1S/C12H14ClNO4/c1-7-3-4-8(5-10(7)15)11(16)14-6-9(13)12(17)18-2/h3-5,9,15H,6H2,1-2H3,(H,14,16). The van der Waals surface area contributed by atoms with Crippen LogP contribution in [0, 0.1) is 6.92 Å². The lowest BCUT2D eigenvalue weighted by atomic mass is 10.1. The zero-order valence-corrected chi connectivity index (χ0v) is 10.8. The molecule has 0 saturated heterocycles. The van der Waals surface area contributed by atoms with Gasteiger partial charge in [0.05, 0.1) is 7.11 Å². The number of amides is 1. The Kier molecular flexibility index (Phi) is 4.97. The molecule has 0 radical (unpaired) electrons. The molecule has 18 heavy (non-hydrogen) atoms. The maximum atomic E-state index is 11.7. The van der Waals surface area contributed by atoms with Crippen molar-refractivity contribution in [3.63, 3.8) is 0 Å². The second kappa shape index (κ2) is 6.26. The highest BCUT2D eigenvalue weighted by molar-refractivity contribution is 6.30. The number of aromatic hydroxyl groups is 1. The number of phenols is 1. The largest absolute Gasteiger partial charge is 0.508 e. The van der Waals surface area contributed by atoms with Gasteiger partial charge in [0.15, 0.2) is 0 Å². The summed E-state index contributed by atoms with van der Waals surface area (Å²) < 4.78 is 4.42. The Labute approximate surface area is 110 Å². The molecule has 0 bridgehead atoms. The third kappa shape index (κ3) is 3.63. The van der Waals surface area contributed by atoms with Crippen LogP contribution in [-0.2, 0) is 9.53 Å². The highest BCUT2D eigenvalue weighted by Gasteiger charge is 2.17. The average molecular weight is 272 g/mol. The molecule has 1 aromatic carbocycles. The average Bonchev–Trinajstić information content (AvgIpc) is 2.37. The minimum Gasteiger partial charge on any atom is -0.508 e. The number of benzene rings is 1. The lowest BCUT2D eigenvalue weighted by Gasteiger charge is -2.09. The predicted octanol–water partition coefficient (Wildman–Crippen LogP) is 1.21. The fourth-order valence-electron chi connectivity index (χ4n) is 1.25. The van der Waals surface area contributed by atoms with E-state index in [-0.39, 0.29) is 12.3 Å². The van der Waals surface area contributed by atoms with E-state index in [0.717, 1.165) is 0 Å². The number of hydrogen-bond acceptors (Lipinski definition) is 4. The molecule has 5 nitrogen and oxygen atoms in total. The monoisotopic (exact) mass is 271 g/mol. The van der Waals surface area contributed by atoms with Crippen LogP contribution < -0.4 is 5.32 Å². The Hall–Kier alpha value is -1.75. The molecule has 0 fully saturated rings. The summed E-state index contributed by atoms with van der Waals surface area (Å²) in [7, 11) is 1.22. The summed E-state index contributed by atoms with van der Waals surface area (Å²) in [5.74, 6) is -0.985. The molecule has 98 valence electrons. The summed E-state index contributed by atoms with van der Waals surface area (Å²) in [6.07, 6.45) is 0. The van der Waals surface area contributed by atoms with Crippen molar-refractivity contribution in [2.24, 2.45) is 0 Å². The lowest BCUT2D eigenvalue weighted by Crippen LogP contribution is -2.34. The normalized spacial score (nSPS) is 11.7. The summed E-state index contributed by atoms with van der Waals surface area (Å²) in [5, 5.41) is 11.0. The van der Waals surface area contributed by atoms with Crippen LogP contribution >= 0.6 is 11.6 Å². The maximum absolute atomic E-state index is 11.7. The van der Waals surface area contributed by atoms with E-state index < -0.39 is 17.3 Å². The van der Waals surface area contributed by atoms with Crippen LogP contribution in [0.4, 0.5) is 0 Å². The molecular formula is C12H14ClNO4. The zero-order valence-electron chi connectivity index (χ0n) is 10.1. The molecule has 6 heteroatoms. The first kappa shape index (κ1) is 14.3. The van der Waals surface area contributed by atoms with Crippen molar-refractivity contribution >= 4 is 23.5 Å². The smallest absolute Gasteiger partial charge is 0.325 e. The molecule has 1 atom stereocenters. The van der Waals surface area contributed by atoms with Crippen LogP contribution in [0.3, 0.4) is 0 Å². The first-order valence-electron chi connectivity index (χ1n) is 5.25. The Bertz CT molecular complexity index is 461. The van der Waals surface area contributed by atoms with Gasteiger partial charge in [0.2, 0.25) is 0 Å². The van der Waals surface area contributed by atoms with Crippen molar-refractivity contribution in [3.05, 3.63) is 29.3 Å². The first-order chi connectivity index (χ1) is 8.45. The number of phenolic OH excluding ortho intramolecular Hbond substituents is 1. The second-order valence-electron chi connectivity index (χ2n) is 3.70. The van der Waals surface area contributed by atoms with Crippen molar-refractivity contribution in [2.75, 3.05) is 13.7 Å². The molecule has 1 rings (SSSR count). The van der Waals surface area contributed by atoms with E-state index in [1.54, 1.807) is 19.1 Å². The van der Waals surface area contributed by atoms with Gasteiger partial charge in [-0.1, -0.05) is 6.07 Å². The Morgan fingerprint density at radius 2 is 2.17 bits per heavy atom. The van der Waals surface area contributed by atoms with Crippen LogP contribution in [0.2, 0.25) is 0 Å². The molecular weight excluding hydrogens is 258 g/mol. The summed E-state index contributed by atoms with van der Waals surface area (Å²) in [4.78, 5) is 22.7. The van der Waals surface area contributed by atoms with Crippen LogP contribution in [0.25, 0.3) is 0 Å². The van der Waals surface area contributed by atoms with E-state index in [1.165, 1.54) is 13.2 Å². The number of alkyl halides is 1. The molecule has 0 aliphatic heterocycles. The van der Waals surface area contributed by atoms with E-state index in [0.29, 0.717) is 11.1 Å². The molecule has 0 heterocycles. The number of hydrogen-bond donors (Lipinski definition) is 2. The SMILES string of the molecule is COC(=O)C(Cl)CNC(=O)c1ccc(C)c(O)c1. The molecule has 0 aliphatic carbocycles. The number of methoxy groups -OCH3 is 1. The molecule has 1 aromatic rings. The van der Waals surface area contributed by atoms with Gasteiger partial charge in [0.25, 0.3) is 5.91 Å². The molecule has 0 saturated carbocycles. The summed E-state index contributed by atoms with van der Waals surface area (Å²) >= 11 is 5.68. The number of nitrogens with one attached hydrogen (secondary N) is 1. The Morgan fingerprint density at radius 3 is 2.72 bits per heavy atom. The number of aryl methyl sites for hydroxylation is 1. The number of ether oxygens (including phenoxy) is 1. The first-order valence-corrected chi connectivity index (χ1v) is 5.69. The van der Waals surface area contributed by atoms with Gasteiger partial charge in [0.1, 0.15) is 11.1 Å². The van der Waals surface area contributed by atoms with Crippen LogP contribution in [0.5, 0.6) is 5.75 Å². The van der Waals surface area contributed by atoms with Crippen molar-refractivity contribution in [1.82, 2.24) is 5.32 Å². The topological polar surface area (TPSA) is 75.6 Å². The van der Waals surface area contributed by atoms with Crippen molar-refractivity contribution in [1.29, 1.82) is 0 Å². The predicted molar refractivity (Wildman–Crippen MR) is 66.8 cm³/mol. The van der Waals surface area contributed by atoms with Gasteiger partial charge in [0, 0.05) is 12.1 Å². The van der Waals surface area contributed by atoms with E-state index >= 15 is 0 Å². The van der Waals surface area contributed by atoms with Crippen LogP contribution in [0.1, 0.15) is 15.9 Å². The highest BCUT2D eigenvalue weighted by atomic mass is 35.5. The van der Waals surface area contributed by atoms with Gasteiger partial charge in [-0.3, -0.25) is 9.59 Å². The van der Waals surface area contributed by atoms with Crippen molar-refractivity contribution < 1.29 is 19.4 Å². The maximum Gasteiger partial charge on any atom is 0.325 e. The van der Waals surface area contributed by atoms with Gasteiger partial charge in [-0.25, -0.2) is 0 Å². The number of carbonyl (C=O) groups excluding carboxylic acids is 2. The fraction of sp³-hybridized carbons (Fsp3) is 0.333. The van der Waals surface area contributed by atoms with E-state index in [1.807, 2.05) is 0 Å². The number of halogens is 1. The number of rotatable bonds is 4. The van der Waals surface area contributed by atoms with Crippen LogP contribution in [-0.4, -0.2) is 36.0 Å².